The average Bonchev–Trinajstić information content (AvgIpc) is 3.03. The zero-order valence-corrected chi connectivity index (χ0v) is 11.9. The van der Waals surface area contributed by atoms with Crippen molar-refractivity contribution in [2.75, 3.05) is 5.32 Å². The number of halogens is 1. The van der Waals surface area contributed by atoms with Crippen molar-refractivity contribution in [2.24, 2.45) is 5.92 Å². The summed E-state index contributed by atoms with van der Waals surface area (Å²) in [5.74, 6) is 0.145. The summed E-state index contributed by atoms with van der Waals surface area (Å²) >= 11 is 3.38. The molecule has 0 spiro atoms. The molecule has 4 nitrogen and oxygen atoms in total. The molecule has 19 heavy (non-hydrogen) atoms. The second-order valence-electron chi connectivity index (χ2n) is 5.19. The maximum atomic E-state index is 12.3. The van der Waals surface area contributed by atoms with Crippen molar-refractivity contribution < 1.29 is 4.79 Å². The topological polar surface area (TPSA) is 64.9 Å². The molecule has 5 heteroatoms. The van der Waals surface area contributed by atoms with E-state index in [-0.39, 0.29) is 11.8 Å². The summed E-state index contributed by atoms with van der Waals surface area (Å²) in [5, 5.41) is 15.2. The van der Waals surface area contributed by atoms with Crippen LogP contribution in [0.25, 0.3) is 0 Å². The van der Waals surface area contributed by atoms with Gasteiger partial charge in [0.05, 0.1) is 23.2 Å². The summed E-state index contributed by atoms with van der Waals surface area (Å²) in [6, 6.07) is 8.12. The molecule has 3 unspecified atom stereocenters. The number of hydrogen-bond donors (Lipinski definition) is 2. The highest BCUT2D eigenvalue weighted by Gasteiger charge is 2.42. The molecule has 3 atom stereocenters. The van der Waals surface area contributed by atoms with Gasteiger partial charge in [-0.25, -0.2) is 0 Å². The molecule has 2 fully saturated rings. The van der Waals surface area contributed by atoms with Gasteiger partial charge in [-0.05, 0) is 53.4 Å². The molecular weight excluding hydrogens is 306 g/mol. The molecule has 2 saturated heterocycles. The fourth-order valence-corrected chi connectivity index (χ4v) is 3.50. The lowest BCUT2D eigenvalue weighted by Gasteiger charge is -2.19. The maximum absolute atomic E-state index is 12.3. The molecule has 1 aromatic rings. The molecular formula is C14H14BrN3O. The monoisotopic (exact) mass is 319 g/mol. The zero-order valence-electron chi connectivity index (χ0n) is 10.3. The van der Waals surface area contributed by atoms with E-state index in [4.69, 9.17) is 5.26 Å². The first-order valence-corrected chi connectivity index (χ1v) is 7.23. The molecule has 2 aliphatic heterocycles. The minimum atomic E-state index is 0.0706. The quantitative estimate of drug-likeness (QED) is 0.879. The van der Waals surface area contributed by atoms with Gasteiger partial charge in [-0.1, -0.05) is 0 Å². The van der Waals surface area contributed by atoms with Gasteiger partial charge in [0.25, 0.3) is 0 Å². The van der Waals surface area contributed by atoms with Crippen LogP contribution in [-0.2, 0) is 4.79 Å². The SMILES string of the molecule is N#Cc1ccc(NC(=O)C2CC3CCC2N3)c(Br)c1. The molecule has 3 rings (SSSR count). The first-order valence-electron chi connectivity index (χ1n) is 6.44. The van der Waals surface area contributed by atoms with E-state index in [9.17, 15) is 4.79 Å². The largest absolute Gasteiger partial charge is 0.325 e. The number of rotatable bonds is 2. The Bertz CT molecular complexity index is 566. The van der Waals surface area contributed by atoms with E-state index >= 15 is 0 Å². The van der Waals surface area contributed by atoms with Crippen LogP contribution in [0.4, 0.5) is 5.69 Å². The van der Waals surface area contributed by atoms with Crippen LogP contribution in [0.3, 0.4) is 0 Å². The lowest BCUT2D eigenvalue weighted by Crippen LogP contribution is -2.32. The highest BCUT2D eigenvalue weighted by Crippen LogP contribution is 2.34. The standard InChI is InChI=1S/C14H14BrN3O/c15-11-5-8(7-16)1-3-13(11)18-14(19)10-6-9-2-4-12(10)17-9/h1,3,5,9-10,12,17H,2,4,6H2,(H,18,19). The third kappa shape index (κ3) is 2.38. The Morgan fingerprint density at radius 1 is 1.47 bits per heavy atom. The molecule has 2 heterocycles. The van der Waals surface area contributed by atoms with Gasteiger partial charge in [-0.15, -0.1) is 0 Å². The summed E-state index contributed by atoms with van der Waals surface area (Å²) in [7, 11) is 0. The van der Waals surface area contributed by atoms with Crippen LogP contribution in [-0.4, -0.2) is 18.0 Å². The van der Waals surface area contributed by atoms with Gasteiger partial charge in [0, 0.05) is 16.6 Å². The molecule has 0 radical (unpaired) electrons. The fraction of sp³-hybridized carbons (Fsp3) is 0.429. The molecule has 2 N–H and O–H groups in total. The molecule has 0 saturated carbocycles. The molecule has 2 aliphatic rings. The number of anilines is 1. The van der Waals surface area contributed by atoms with Crippen molar-refractivity contribution in [2.45, 2.75) is 31.3 Å². The van der Waals surface area contributed by atoms with Gasteiger partial charge >= 0.3 is 0 Å². The lowest BCUT2D eigenvalue weighted by molar-refractivity contribution is -0.120. The number of nitriles is 1. The molecule has 2 bridgehead atoms. The Kier molecular flexibility index (Phi) is 3.29. The van der Waals surface area contributed by atoms with Crippen molar-refractivity contribution in [3.63, 3.8) is 0 Å². The van der Waals surface area contributed by atoms with Crippen LogP contribution in [0.5, 0.6) is 0 Å². The van der Waals surface area contributed by atoms with Crippen molar-refractivity contribution in [1.29, 1.82) is 5.26 Å². The van der Waals surface area contributed by atoms with Crippen molar-refractivity contribution in [3.8, 4) is 6.07 Å². The second kappa shape index (κ2) is 4.95. The van der Waals surface area contributed by atoms with Crippen molar-refractivity contribution >= 4 is 27.5 Å². The number of fused-ring (bicyclic) bond motifs is 2. The van der Waals surface area contributed by atoms with E-state index in [1.54, 1.807) is 18.2 Å². The number of carbonyl (C=O) groups is 1. The summed E-state index contributed by atoms with van der Waals surface area (Å²) < 4.78 is 0.746. The summed E-state index contributed by atoms with van der Waals surface area (Å²) in [6.07, 6.45) is 3.22. The highest BCUT2D eigenvalue weighted by atomic mass is 79.9. The smallest absolute Gasteiger partial charge is 0.229 e. The number of hydrogen-bond acceptors (Lipinski definition) is 3. The maximum Gasteiger partial charge on any atom is 0.229 e. The average molecular weight is 320 g/mol. The highest BCUT2D eigenvalue weighted by molar-refractivity contribution is 9.10. The number of amides is 1. The summed E-state index contributed by atoms with van der Waals surface area (Å²) in [6.45, 7) is 0. The van der Waals surface area contributed by atoms with E-state index in [2.05, 4.69) is 32.6 Å². The Hall–Kier alpha value is -1.38. The van der Waals surface area contributed by atoms with Crippen molar-refractivity contribution in [1.82, 2.24) is 5.32 Å². The third-order valence-electron chi connectivity index (χ3n) is 3.99. The molecule has 1 amide bonds. The Morgan fingerprint density at radius 3 is 2.89 bits per heavy atom. The van der Waals surface area contributed by atoms with Crippen LogP contribution >= 0.6 is 15.9 Å². The zero-order chi connectivity index (χ0) is 13.4. The fourth-order valence-electron chi connectivity index (χ4n) is 3.03. The van der Waals surface area contributed by atoms with Crippen LogP contribution in [0.15, 0.2) is 22.7 Å². The minimum absolute atomic E-state index is 0.0706. The normalized spacial score (nSPS) is 28.1. The van der Waals surface area contributed by atoms with Gasteiger partial charge < -0.3 is 10.6 Å². The van der Waals surface area contributed by atoms with Gasteiger partial charge in [-0.3, -0.25) is 4.79 Å². The lowest BCUT2D eigenvalue weighted by atomic mass is 9.88. The van der Waals surface area contributed by atoms with Gasteiger partial charge in [0.1, 0.15) is 0 Å². The summed E-state index contributed by atoms with van der Waals surface area (Å²) in [5.41, 5.74) is 1.30. The summed E-state index contributed by atoms with van der Waals surface area (Å²) in [4.78, 5) is 12.3. The first-order chi connectivity index (χ1) is 9.17. The van der Waals surface area contributed by atoms with Crippen LogP contribution in [0.2, 0.25) is 0 Å². The van der Waals surface area contributed by atoms with Crippen LogP contribution in [0, 0.1) is 17.2 Å². The molecule has 1 aromatic carbocycles. The van der Waals surface area contributed by atoms with Crippen LogP contribution in [0.1, 0.15) is 24.8 Å². The van der Waals surface area contributed by atoms with E-state index in [1.807, 2.05) is 0 Å². The van der Waals surface area contributed by atoms with E-state index in [1.165, 1.54) is 6.42 Å². The molecule has 0 aliphatic carbocycles. The van der Waals surface area contributed by atoms with E-state index in [0.29, 0.717) is 17.6 Å². The van der Waals surface area contributed by atoms with Gasteiger partial charge in [0.15, 0.2) is 0 Å². The first kappa shape index (κ1) is 12.6. The number of carbonyl (C=O) groups excluding carboxylic acids is 1. The number of nitrogens with one attached hydrogen (secondary N) is 2. The van der Waals surface area contributed by atoms with Gasteiger partial charge in [-0.2, -0.15) is 5.26 Å². The molecule has 98 valence electrons. The second-order valence-corrected chi connectivity index (χ2v) is 6.04. The number of nitrogens with zero attached hydrogens (tertiary/aromatic N) is 1. The molecule has 0 aromatic heterocycles. The Morgan fingerprint density at radius 2 is 2.32 bits per heavy atom. The van der Waals surface area contributed by atoms with E-state index in [0.717, 1.165) is 23.0 Å². The third-order valence-corrected chi connectivity index (χ3v) is 4.65. The van der Waals surface area contributed by atoms with Crippen molar-refractivity contribution in [3.05, 3.63) is 28.2 Å². The van der Waals surface area contributed by atoms with Gasteiger partial charge in [0.2, 0.25) is 5.91 Å². The number of benzene rings is 1. The Labute approximate surface area is 120 Å². The minimum Gasteiger partial charge on any atom is -0.325 e. The predicted octanol–water partition coefficient (Wildman–Crippen LogP) is 2.40. The van der Waals surface area contributed by atoms with Crippen LogP contribution < -0.4 is 10.6 Å². The Balaban J connectivity index is 1.72. The predicted molar refractivity (Wildman–Crippen MR) is 75.5 cm³/mol. The van der Waals surface area contributed by atoms with E-state index < -0.39 is 0 Å².